The zero-order valence-corrected chi connectivity index (χ0v) is 19.7. The molecule has 37 heavy (non-hydrogen) atoms. The summed E-state index contributed by atoms with van der Waals surface area (Å²) < 4.78 is 20.7. The normalized spacial score (nSPS) is 10.7. The number of Topliss-reactive ketones (excluding diaryl/α,β-unsaturated/α-hetero) is 1. The smallest absolute Gasteiger partial charge is 0.270 e. The number of benzene rings is 2. The number of aryl methyl sites for hydroxylation is 1. The van der Waals surface area contributed by atoms with Crippen LogP contribution < -0.4 is 10.3 Å². The summed E-state index contributed by atoms with van der Waals surface area (Å²) in [7, 11) is 0. The van der Waals surface area contributed by atoms with Gasteiger partial charge in [-0.2, -0.15) is 0 Å². The van der Waals surface area contributed by atoms with Crippen LogP contribution in [0.4, 0.5) is 10.2 Å². The predicted octanol–water partition coefficient (Wildman–Crippen LogP) is 6.00. The molecule has 0 fully saturated rings. The first-order valence-electron chi connectivity index (χ1n) is 11.3. The summed E-state index contributed by atoms with van der Waals surface area (Å²) >= 11 is 0. The third kappa shape index (κ3) is 4.83. The second kappa shape index (κ2) is 9.84. The van der Waals surface area contributed by atoms with Crippen molar-refractivity contribution in [1.82, 2.24) is 14.5 Å². The Kier molecular flexibility index (Phi) is 6.27. The molecule has 0 N–H and O–H groups in total. The average molecular weight is 490 g/mol. The first-order chi connectivity index (χ1) is 17.9. The van der Waals surface area contributed by atoms with Gasteiger partial charge in [0.2, 0.25) is 0 Å². The third-order valence-corrected chi connectivity index (χ3v) is 5.87. The van der Waals surface area contributed by atoms with Gasteiger partial charge in [0.1, 0.15) is 29.0 Å². The maximum absolute atomic E-state index is 13.3. The number of nitrogens with zero attached hydrogens (tertiary/aromatic N) is 4. The van der Waals surface area contributed by atoms with Gasteiger partial charge in [0.15, 0.2) is 5.78 Å². The van der Waals surface area contributed by atoms with E-state index in [0.29, 0.717) is 39.3 Å². The van der Waals surface area contributed by atoms with Crippen molar-refractivity contribution < 1.29 is 13.9 Å². The molecule has 0 amide bonds. The highest BCUT2D eigenvalue weighted by Gasteiger charge is 2.16. The first kappa shape index (κ1) is 23.6. The summed E-state index contributed by atoms with van der Waals surface area (Å²) in [5, 5.41) is 0.666. The van der Waals surface area contributed by atoms with Crippen LogP contribution in [0.1, 0.15) is 21.6 Å². The Morgan fingerprint density at radius 3 is 2.51 bits per heavy atom. The lowest BCUT2D eigenvalue weighted by atomic mass is 10.0. The lowest BCUT2D eigenvalue weighted by molar-refractivity contribution is 0.0991. The van der Waals surface area contributed by atoms with E-state index in [-0.39, 0.29) is 23.6 Å². The Morgan fingerprint density at radius 2 is 1.78 bits per heavy atom. The van der Waals surface area contributed by atoms with Gasteiger partial charge in [0.25, 0.3) is 11.4 Å². The second-order valence-corrected chi connectivity index (χ2v) is 8.33. The number of hydrogen-bond donors (Lipinski definition) is 0. The van der Waals surface area contributed by atoms with E-state index in [1.165, 1.54) is 41.1 Å². The van der Waals surface area contributed by atoms with Gasteiger partial charge in [-0.05, 0) is 73.2 Å². The van der Waals surface area contributed by atoms with E-state index in [2.05, 4.69) is 14.8 Å². The fourth-order valence-corrected chi connectivity index (χ4v) is 4.00. The number of rotatable bonds is 6. The van der Waals surface area contributed by atoms with Crippen molar-refractivity contribution in [3.05, 3.63) is 130 Å². The van der Waals surface area contributed by atoms with Gasteiger partial charge < -0.3 is 9.58 Å². The highest BCUT2D eigenvalue weighted by Crippen LogP contribution is 2.30. The van der Waals surface area contributed by atoms with Gasteiger partial charge in [0.05, 0.1) is 5.56 Å². The number of carbonyl (C=O) groups excluding carboxylic acids is 1. The molecule has 2 aromatic carbocycles. The fraction of sp³-hybridized carbons (Fsp3) is 0.0690. The highest BCUT2D eigenvalue weighted by atomic mass is 19.1. The van der Waals surface area contributed by atoms with Crippen molar-refractivity contribution in [1.29, 1.82) is 0 Å². The third-order valence-electron chi connectivity index (χ3n) is 5.87. The summed E-state index contributed by atoms with van der Waals surface area (Å²) in [5.41, 5.74) is 2.05. The molecule has 0 aliphatic heterocycles. The van der Waals surface area contributed by atoms with Gasteiger partial charge in [0, 0.05) is 29.4 Å². The molecule has 0 spiro atoms. The molecule has 7 nitrogen and oxygen atoms in total. The van der Waals surface area contributed by atoms with Gasteiger partial charge in [-0.3, -0.25) is 19.1 Å². The quantitative estimate of drug-likeness (QED) is 0.216. The van der Waals surface area contributed by atoms with E-state index < -0.39 is 11.4 Å². The Balaban J connectivity index is 1.36. The molecule has 8 heteroatoms. The molecule has 0 bridgehead atoms. The molecular formula is C29H19FN4O3. The molecule has 5 aromatic rings. The zero-order chi connectivity index (χ0) is 25.9. The summed E-state index contributed by atoms with van der Waals surface area (Å²) in [6, 6.07) is 19.1. The van der Waals surface area contributed by atoms with Crippen LogP contribution in [0.5, 0.6) is 11.5 Å². The molecule has 3 heterocycles. The van der Waals surface area contributed by atoms with E-state index in [4.69, 9.17) is 11.3 Å². The number of aromatic nitrogens is 3. The molecule has 0 aliphatic carbocycles. The van der Waals surface area contributed by atoms with Crippen molar-refractivity contribution in [2.75, 3.05) is 0 Å². The number of pyridine rings is 3. The number of hydrogen-bond acceptors (Lipinski definition) is 5. The van der Waals surface area contributed by atoms with Crippen LogP contribution in [0.2, 0.25) is 0 Å². The summed E-state index contributed by atoms with van der Waals surface area (Å²) in [4.78, 5) is 37.8. The van der Waals surface area contributed by atoms with Crippen LogP contribution in [0, 0.1) is 19.3 Å². The Labute approximate surface area is 211 Å². The lowest BCUT2D eigenvalue weighted by Crippen LogP contribution is -2.27. The van der Waals surface area contributed by atoms with Crippen LogP contribution in [0.15, 0.2) is 90.0 Å². The maximum Gasteiger partial charge on any atom is 0.270 e. The van der Waals surface area contributed by atoms with Crippen LogP contribution in [0.25, 0.3) is 21.4 Å². The van der Waals surface area contributed by atoms with E-state index in [9.17, 15) is 14.0 Å². The van der Waals surface area contributed by atoms with E-state index in [1.807, 2.05) is 0 Å². The van der Waals surface area contributed by atoms with Crippen LogP contribution in [-0.4, -0.2) is 20.3 Å². The van der Waals surface area contributed by atoms with Crippen LogP contribution in [0.3, 0.4) is 0 Å². The Bertz CT molecular complexity index is 1740. The summed E-state index contributed by atoms with van der Waals surface area (Å²) in [6.07, 6.45) is 3.16. The highest BCUT2D eigenvalue weighted by molar-refractivity contribution is 5.97. The number of halogens is 1. The molecule has 180 valence electrons. The number of carbonyl (C=O) groups is 1. The summed E-state index contributed by atoms with van der Waals surface area (Å²) in [5.74, 6) is 0.583. The molecule has 0 saturated carbocycles. The SMILES string of the molecule is [C-]#[N+]c1cc2c(Oc3ccc(CC(=O)c4ccc(C)n(-c5ccc(F)cc5)c4=O)cc3)ccnc2cn1. The minimum absolute atomic E-state index is 0.0280. The molecule has 0 saturated heterocycles. The van der Waals surface area contributed by atoms with E-state index in [0.717, 1.165) is 0 Å². The Morgan fingerprint density at radius 1 is 1.03 bits per heavy atom. The predicted molar refractivity (Wildman–Crippen MR) is 137 cm³/mol. The zero-order valence-electron chi connectivity index (χ0n) is 19.7. The molecular weight excluding hydrogens is 471 g/mol. The molecule has 0 aliphatic rings. The fourth-order valence-electron chi connectivity index (χ4n) is 4.00. The van der Waals surface area contributed by atoms with Crippen molar-refractivity contribution in [3.8, 4) is 17.2 Å². The van der Waals surface area contributed by atoms with Crippen LogP contribution >= 0.6 is 0 Å². The minimum Gasteiger partial charge on any atom is -0.457 e. The average Bonchev–Trinajstić information content (AvgIpc) is 2.91. The second-order valence-electron chi connectivity index (χ2n) is 8.33. The molecule has 3 aromatic heterocycles. The molecule has 0 radical (unpaired) electrons. The number of fused-ring (bicyclic) bond motifs is 1. The summed E-state index contributed by atoms with van der Waals surface area (Å²) in [6.45, 7) is 8.93. The van der Waals surface area contributed by atoms with Crippen LogP contribution in [-0.2, 0) is 6.42 Å². The largest absolute Gasteiger partial charge is 0.457 e. The lowest BCUT2D eigenvalue weighted by Gasteiger charge is -2.12. The first-order valence-corrected chi connectivity index (χ1v) is 11.3. The monoisotopic (exact) mass is 490 g/mol. The van der Waals surface area contributed by atoms with E-state index >= 15 is 0 Å². The number of ketones is 1. The van der Waals surface area contributed by atoms with E-state index in [1.54, 1.807) is 55.6 Å². The van der Waals surface area contributed by atoms with Gasteiger partial charge in [-0.25, -0.2) is 4.39 Å². The minimum atomic E-state index is -0.450. The standard InChI is InChI=1S/C29H19FN4O3/c1-18-3-12-23(29(36)34(18)21-8-6-20(30)7-9-21)26(35)15-19-4-10-22(11-5-19)37-27-13-14-32-25-17-33-28(31-2)16-24(25)27/h3-14,16-17H,15H2,1H3. The van der Waals surface area contributed by atoms with Gasteiger partial charge in [-0.1, -0.05) is 18.7 Å². The van der Waals surface area contributed by atoms with Crippen molar-refractivity contribution in [2.24, 2.45) is 0 Å². The topological polar surface area (TPSA) is 78.4 Å². The molecule has 0 atom stereocenters. The maximum atomic E-state index is 13.3. The van der Waals surface area contributed by atoms with Crippen molar-refractivity contribution in [3.63, 3.8) is 0 Å². The number of ether oxygens (including phenoxy) is 1. The van der Waals surface area contributed by atoms with Gasteiger partial charge >= 0.3 is 0 Å². The molecule has 5 rings (SSSR count). The van der Waals surface area contributed by atoms with Crippen molar-refractivity contribution in [2.45, 2.75) is 13.3 Å². The van der Waals surface area contributed by atoms with Crippen molar-refractivity contribution >= 4 is 22.5 Å². The van der Waals surface area contributed by atoms with Gasteiger partial charge in [-0.15, -0.1) is 4.98 Å². The Hall–Kier alpha value is -5.16. The molecule has 0 unspecified atom stereocenters.